The zero-order chi connectivity index (χ0) is 16.7. The second kappa shape index (κ2) is 9.06. The van der Waals surface area contributed by atoms with Crippen LogP contribution in [-0.4, -0.2) is 67.9 Å². The highest BCUT2D eigenvalue weighted by Crippen LogP contribution is 2.18. The van der Waals surface area contributed by atoms with Gasteiger partial charge in [-0.3, -0.25) is 4.90 Å². The number of benzene rings is 1. The van der Waals surface area contributed by atoms with Crippen molar-refractivity contribution in [2.75, 3.05) is 46.9 Å². The van der Waals surface area contributed by atoms with E-state index in [1.54, 1.807) is 7.11 Å². The Morgan fingerprint density at radius 2 is 1.96 bits per heavy atom. The maximum atomic E-state index is 9.39. The van der Waals surface area contributed by atoms with E-state index in [2.05, 4.69) is 42.0 Å². The first-order chi connectivity index (χ1) is 11.1. The first-order valence-electron chi connectivity index (χ1n) is 8.47. The van der Waals surface area contributed by atoms with Crippen molar-refractivity contribution >= 4 is 6.08 Å². The molecule has 2 rings (SSSR count). The van der Waals surface area contributed by atoms with Crippen molar-refractivity contribution in [2.45, 2.75) is 25.8 Å². The molecule has 0 spiro atoms. The van der Waals surface area contributed by atoms with E-state index in [0.29, 0.717) is 6.04 Å². The van der Waals surface area contributed by atoms with E-state index >= 15 is 0 Å². The molecule has 0 unspecified atom stereocenters. The molecule has 0 bridgehead atoms. The van der Waals surface area contributed by atoms with Crippen LogP contribution in [0.3, 0.4) is 0 Å². The molecule has 0 aromatic heterocycles. The minimum absolute atomic E-state index is 0.224. The Kier molecular flexibility index (Phi) is 7.09. The molecular formula is C19H30N2O2. The zero-order valence-corrected chi connectivity index (χ0v) is 14.7. The Morgan fingerprint density at radius 1 is 1.30 bits per heavy atom. The van der Waals surface area contributed by atoms with E-state index in [9.17, 15) is 5.11 Å². The van der Waals surface area contributed by atoms with Crippen LogP contribution >= 0.6 is 0 Å². The molecule has 0 aliphatic carbocycles. The fourth-order valence-corrected chi connectivity index (χ4v) is 3.23. The fourth-order valence-electron chi connectivity index (χ4n) is 3.23. The van der Waals surface area contributed by atoms with E-state index in [-0.39, 0.29) is 6.61 Å². The number of methoxy groups -OCH3 is 1. The maximum absolute atomic E-state index is 9.39. The summed E-state index contributed by atoms with van der Waals surface area (Å²) >= 11 is 0. The molecule has 1 aliphatic rings. The molecule has 1 aromatic rings. The van der Waals surface area contributed by atoms with Gasteiger partial charge in [-0.25, -0.2) is 0 Å². The number of hydrogen-bond acceptors (Lipinski definition) is 4. The lowest BCUT2D eigenvalue weighted by atomic mass is 10.0. The van der Waals surface area contributed by atoms with E-state index in [1.165, 1.54) is 24.0 Å². The van der Waals surface area contributed by atoms with E-state index in [0.717, 1.165) is 31.9 Å². The van der Waals surface area contributed by atoms with E-state index in [4.69, 9.17) is 4.74 Å². The molecule has 0 radical (unpaired) electrons. The number of aliphatic hydroxyl groups excluding tert-OH is 1. The third-order valence-electron chi connectivity index (χ3n) is 4.57. The topological polar surface area (TPSA) is 35.9 Å². The second-order valence-electron chi connectivity index (χ2n) is 6.49. The molecule has 1 heterocycles. The van der Waals surface area contributed by atoms with Crippen LogP contribution < -0.4 is 4.74 Å². The Bertz CT molecular complexity index is 491. The predicted octanol–water partition coefficient (Wildman–Crippen LogP) is 2.49. The van der Waals surface area contributed by atoms with Gasteiger partial charge in [-0.1, -0.05) is 23.8 Å². The standard InChI is InChI=1S/C19H30N2O2/c1-16(14-17-4-6-19(23-3)7-5-17)15-21(12-13-22)18-8-10-20(2)11-9-18/h4-7,14,18,22H,8-13,15H2,1-3H3/b16-14-. The summed E-state index contributed by atoms with van der Waals surface area (Å²) in [6.45, 7) is 6.36. The quantitative estimate of drug-likeness (QED) is 0.838. The van der Waals surface area contributed by atoms with Gasteiger partial charge in [0.05, 0.1) is 13.7 Å². The van der Waals surface area contributed by atoms with Crippen molar-refractivity contribution in [1.29, 1.82) is 0 Å². The largest absolute Gasteiger partial charge is 0.497 e. The van der Waals surface area contributed by atoms with E-state index in [1.807, 2.05) is 12.1 Å². The summed E-state index contributed by atoms with van der Waals surface area (Å²) in [5.74, 6) is 0.882. The smallest absolute Gasteiger partial charge is 0.118 e. The van der Waals surface area contributed by atoms with Gasteiger partial charge in [0.15, 0.2) is 0 Å². The van der Waals surface area contributed by atoms with Crippen molar-refractivity contribution < 1.29 is 9.84 Å². The van der Waals surface area contributed by atoms with Gasteiger partial charge in [0.2, 0.25) is 0 Å². The van der Waals surface area contributed by atoms with Crippen LogP contribution in [0.1, 0.15) is 25.3 Å². The van der Waals surface area contributed by atoms with Crippen molar-refractivity contribution in [3.05, 3.63) is 35.4 Å². The highest BCUT2D eigenvalue weighted by Gasteiger charge is 2.22. The lowest BCUT2D eigenvalue weighted by Crippen LogP contribution is -2.45. The van der Waals surface area contributed by atoms with Gasteiger partial charge in [0.25, 0.3) is 0 Å². The summed E-state index contributed by atoms with van der Waals surface area (Å²) in [5, 5.41) is 9.39. The van der Waals surface area contributed by atoms with Crippen LogP contribution in [0.4, 0.5) is 0 Å². The molecular weight excluding hydrogens is 288 g/mol. The molecule has 0 atom stereocenters. The van der Waals surface area contributed by atoms with Crippen LogP contribution in [0, 0.1) is 0 Å². The number of ether oxygens (including phenoxy) is 1. The third-order valence-corrected chi connectivity index (χ3v) is 4.57. The van der Waals surface area contributed by atoms with Crippen molar-refractivity contribution in [2.24, 2.45) is 0 Å². The van der Waals surface area contributed by atoms with Gasteiger partial charge in [-0.15, -0.1) is 0 Å². The first-order valence-corrected chi connectivity index (χ1v) is 8.47. The van der Waals surface area contributed by atoms with Crippen molar-refractivity contribution in [3.8, 4) is 5.75 Å². The fraction of sp³-hybridized carbons (Fsp3) is 0.579. The van der Waals surface area contributed by atoms with Gasteiger partial charge in [-0.05, 0) is 57.6 Å². The number of piperidine rings is 1. The molecule has 1 aliphatic heterocycles. The molecule has 128 valence electrons. The summed E-state index contributed by atoms with van der Waals surface area (Å²) in [6.07, 6.45) is 4.59. The highest BCUT2D eigenvalue weighted by molar-refractivity contribution is 5.53. The molecule has 1 aromatic carbocycles. The molecule has 0 saturated carbocycles. The summed E-state index contributed by atoms with van der Waals surface area (Å²) in [6, 6.07) is 8.71. The second-order valence-corrected chi connectivity index (χ2v) is 6.49. The van der Waals surface area contributed by atoms with Gasteiger partial charge in [-0.2, -0.15) is 0 Å². The average molecular weight is 318 g/mol. The SMILES string of the molecule is COc1ccc(/C=C(/C)CN(CCO)C2CCN(C)CC2)cc1. The average Bonchev–Trinajstić information content (AvgIpc) is 2.56. The Balaban J connectivity index is 1.98. The normalized spacial score (nSPS) is 17.7. The minimum Gasteiger partial charge on any atom is -0.497 e. The lowest BCUT2D eigenvalue weighted by Gasteiger charge is -2.37. The molecule has 4 heteroatoms. The number of nitrogens with zero attached hydrogens (tertiary/aromatic N) is 2. The highest BCUT2D eigenvalue weighted by atomic mass is 16.5. The zero-order valence-electron chi connectivity index (χ0n) is 14.7. The number of hydrogen-bond donors (Lipinski definition) is 1. The maximum Gasteiger partial charge on any atom is 0.118 e. The third kappa shape index (κ3) is 5.65. The molecule has 4 nitrogen and oxygen atoms in total. The Labute approximate surface area is 140 Å². The monoisotopic (exact) mass is 318 g/mol. The van der Waals surface area contributed by atoms with Crippen LogP contribution in [0.5, 0.6) is 5.75 Å². The van der Waals surface area contributed by atoms with Gasteiger partial charge >= 0.3 is 0 Å². The first kappa shape index (κ1) is 18.0. The number of aliphatic hydroxyl groups is 1. The van der Waals surface area contributed by atoms with Crippen LogP contribution in [0.2, 0.25) is 0 Å². The van der Waals surface area contributed by atoms with Crippen LogP contribution in [0.25, 0.3) is 6.08 Å². The van der Waals surface area contributed by atoms with Crippen molar-refractivity contribution in [3.63, 3.8) is 0 Å². The minimum atomic E-state index is 0.224. The van der Waals surface area contributed by atoms with E-state index < -0.39 is 0 Å². The summed E-state index contributed by atoms with van der Waals surface area (Å²) < 4.78 is 5.20. The molecule has 1 N–H and O–H groups in total. The summed E-state index contributed by atoms with van der Waals surface area (Å²) in [5.41, 5.74) is 2.51. The predicted molar refractivity (Wildman–Crippen MR) is 95.8 cm³/mol. The van der Waals surface area contributed by atoms with Crippen molar-refractivity contribution in [1.82, 2.24) is 9.80 Å². The summed E-state index contributed by atoms with van der Waals surface area (Å²) in [4.78, 5) is 4.82. The molecule has 0 amide bonds. The van der Waals surface area contributed by atoms with Gasteiger partial charge < -0.3 is 14.7 Å². The van der Waals surface area contributed by atoms with Gasteiger partial charge in [0.1, 0.15) is 5.75 Å². The Hall–Kier alpha value is -1.36. The van der Waals surface area contributed by atoms with Gasteiger partial charge in [0, 0.05) is 19.1 Å². The molecule has 23 heavy (non-hydrogen) atoms. The number of likely N-dealkylation sites (tertiary alicyclic amines) is 1. The van der Waals surface area contributed by atoms with Crippen LogP contribution in [-0.2, 0) is 0 Å². The lowest BCUT2D eigenvalue weighted by molar-refractivity contribution is 0.108. The Morgan fingerprint density at radius 3 is 2.52 bits per heavy atom. The molecule has 1 fully saturated rings. The summed E-state index contributed by atoms with van der Waals surface area (Å²) in [7, 11) is 3.87. The molecule has 1 saturated heterocycles. The van der Waals surface area contributed by atoms with Crippen LogP contribution in [0.15, 0.2) is 29.8 Å². The number of rotatable bonds is 7.